The van der Waals surface area contributed by atoms with Gasteiger partial charge in [0.25, 0.3) is 0 Å². The van der Waals surface area contributed by atoms with Crippen LogP contribution in [-0.4, -0.2) is 36.5 Å². The molecule has 0 radical (unpaired) electrons. The number of aromatic nitrogens is 2. The van der Waals surface area contributed by atoms with Gasteiger partial charge in [0.15, 0.2) is 0 Å². The largest absolute Gasteiger partial charge is 0.407 e. The predicted octanol–water partition coefficient (Wildman–Crippen LogP) is 0.626. The summed E-state index contributed by atoms with van der Waals surface area (Å²) < 4.78 is 10.8. The molecule has 0 aromatic carbocycles. The molecule has 1 aliphatic rings. The first-order valence-corrected chi connectivity index (χ1v) is 5.61. The maximum Gasteiger partial charge on any atom is 0.315 e. The van der Waals surface area contributed by atoms with Gasteiger partial charge in [-0.25, -0.2) is 0 Å². The van der Waals surface area contributed by atoms with Gasteiger partial charge in [0.1, 0.15) is 0 Å². The number of ether oxygens (including phenoxy) is 1. The minimum atomic E-state index is 0.297. The van der Waals surface area contributed by atoms with Crippen LogP contribution in [0.15, 0.2) is 4.42 Å². The van der Waals surface area contributed by atoms with E-state index in [1.165, 1.54) is 0 Å². The molecule has 2 heterocycles. The van der Waals surface area contributed by atoms with Crippen LogP contribution in [0.3, 0.4) is 0 Å². The summed E-state index contributed by atoms with van der Waals surface area (Å²) in [6.07, 6.45) is 1.09. The van der Waals surface area contributed by atoms with Gasteiger partial charge in [-0.15, -0.1) is 5.10 Å². The van der Waals surface area contributed by atoms with Gasteiger partial charge in [-0.1, -0.05) is 5.10 Å². The van der Waals surface area contributed by atoms with E-state index < -0.39 is 0 Å². The number of nitrogens with one attached hydrogen (secondary N) is 2. The van der Waals surface area contributed by atoms with Crippen molar-refractivity contribution in [2.24, 2.45) is 5.92 Å². The van der Waals surface area contributed by atoms with Crippen molar-refractivity contribution in [1.29, 1.82) is 0 Å². The monoisotopic (exact) mass is 226 g/mol. The van der Waals surface area contributed by atoms with E-state index in [9.17, 15) is 0 Å². The van der Waals surface area contributed by atoms with Gasteiger partial charge in [0, 0.05) is 18.6 Å². The lowest BCUT2D eigenvalue weighted by molar-refractivity contribution is 0.183. The molecule has 2 atom stereocenters. The van der Waals surface area contributed by atoms with Gasteiger partial charge in [-0.05, 0) is 20.4 Å². The Balaban J connectivity index is 1.87. The Morgan fingerprint density at radius 1 is 1.50 bits per heavy atom. The highest BCUT2D eigenvalue weighted by molar-refractivity contribution is 5.19. The zero-order valence-electron chi connectivity index (χ0n) is 9.69. The highest BCUT2D eigenvalue weighted by atomic mass is 16.5. The average molecular weight is 226 g/mol. The molecule has 2 unspecified atom stereocenters. The molecule has 16 heavy (non-hydrogen) atoms. The number of anilines is 1. The molecule has 0 bridgehead atoms. The molecular weight excluding hydrogens is 208 g/mol. The first-order valence-electron chi connectivity index (χ1n) is 5.61. The van der Waals surface area contributed by atoms with Gasteiger partial charge in [-0.2, -0.15) is 0 Å². The molecule has 6 nitrogen and oxygen atoms in total. The lowest BCUT2D eigenvalue weighted by atomic mass is 10.0. The van der Waals surface area contributed by atoms with E-state index in [1.807, 2.05) is 7.05 Å². The minimum Gasteiger partial charge on any atom is -0.407 e. The van der Waals surface area contributed by atoms with Crippen LogP contribution in [0, 0.1) is 5.92 Å². The zero-order chi connectivity index (χ0) is 11.4. The zero-order valence-corrected chi connectivity index (χ0v) is 9.69. The third-order valence-corrected chi connectivity index (χ3v) is 2.82. The molecular formula is C10H18N4O2. The van der Waals surface area contributed by atoms with Crippen molar-refractivity contribution >= 4 is 6.01 Å². The second-order valence-corrected chi connectivity index (χ2v) is 4.09. The molecule has 1 fully saturated rings. The summed E-state index contributed by atoms with van der Waals surface area (Å²) in [4.78, 5) is 0. The lowest BCUT2D eigenvalue weighted by Gasteiger charge is -2.17. The highest BCUT2D eigenvalue weighted by Gasteiger charge is 2.23. The Hall–Kier alpha value is -1.14. The smallest absolute Gasteiger partial charge is 0.315 e. The van der Waals surface area contributed by atoms with Crippen molar-refractivity contribution in [3.05, 3.63) is 5.89 Å². The van der Waals surface area contributed by atoms with Crippen LogP contribution in [0.25, 0.3) is 0 Å². The van der Waals surface area contributed by atoms with E-state index in [0.717, 1.165) is 19.6 Å². The molecule has 1 aromatic heterocycles. The summed E-state index contributed by atoms with van der Waals surface area (Å²) in [7, 11) is 1.84. The second kappa shape index (κ2) is 5.27. The first-order chi connectivity index (χ1) is 7.79. The fourth-order valence-electron chi connectivity index (χ4n) is 1.79. The van der Waals surface area contributed by atoms with E-state index in [4.69, 9.17) is 9.15 Å². The molecule has 1 aliphatic heterocycles. The molecule has 0 saturated carbocycles. The summed E-state index contributed by atoms with van der Waals surface area (Å²) in [5.41, 5.74) is 0. The van der Waals surface area contributed by atoms with Gasteiger partial charge in [0.2, 0.25) is 5.89 Å². The summed E-state index contributed by atoms with van der Waals surface area (Å²) in [5.74, 6) is 1.12. The van der Waals surface area contributed by atoms with Gasteiger partial charge < -0.3 is 19.8 Å². The highest BCUT2D eigenvalue weighted by Crippen LogP contribution is 2.19. The van der Waals surface area contributed by atoms with Crippen molar-refractivity contribution in [3.63, 3.8) is 0 Å². The Kier molecular flexibility index (Phi) is 3.74. The molecule has 0 amide bonds. The van der Waals surface area contributed by atoms with Gasteiger partial charge >= 0.3 is 6.01 Å². The Bertz CT molecular complexity index is 322. The maximum atomic E-state index is 5.42. The normalized spacial score (nSPS) is 22.2. The molecule has 6 heteroatoms. The van der Waals surface area contributed by atoms with Crippen LogP contribution in [-0.2, 0) is 11.3 Å². The van der Waals surface area contributed by atoms with E-state index in [-0.39, 0.29) is 0 Å². The molecule has 2 N–H and O–H groups in total. The molecule has 1 saturated heterocycles. The Labute approximate surface area is 94.8 Å². The quantitative estimate of drug-likeness (QED) is 0.767. The topological polar surface area (TPSA) is 72.2 Å². The molecule has 0 spiro atoms. The summed E-state index contributed by atoms with van der Waals surface area (Å²) in [6, 6.07) is 0.787. The lowest BCUT2D eigenvalue weighted by Crippen LogP contribution is -2.26. The second-order valence-electron chi connectivity index (χ2n) is 4.09. The van der Waals surface area contributed by atoms with E-state index in [0.29, 0.717) is 30.4 Å². The predicted molar refractivity (Wildman–Crippen MR) is 59.1 cm³/mol. The van der Waals surface area contributed by atoms with Crippen molar-refractivity contribution in [3.8, 4) is 0 Å². The van der Waals surface area contributed by atoms with Crippen LogP contribution >= 0.6 is 0 Å². The van der Waals surface area contributed by atoms with Crippen LogP contribution in [0.5, 0.6) is 0 Å². The third kappa shape index (κ3) is 2.70. The third-order valence-electron chi connectivity index (χ3n) is 2.82. The number of rotatable bonds is 5. The summed E-state index contributed by atoms with van der Waals surface area (Å²) >= 11 is 0. The SMILES string of the molecule is CNCc1nnc(NC(C)C2CCOC2)o1. The van der Waals surface area contributed by atoms with Crippen LogP contribution in [0.1, 0.15) is 19.2 Å². The fourth-order valence-corrected chi connectivity index (χ4v) is 1.79. The van der Waals surface area contributed by atoms with E-state index in [2.05, 4.69) is 27.8 Å². The first kappa shape index (κ1) is 11.3. The summed E-state index contributed by atoms with van der Waals surface area (Å²) in [6.45, 7) is 4.37. The van der Waals surface area contributed by atoms with Crippen LogP contribution in [0.2, 0.25) is 0 Å². The van der Waals surface area contributed by atoms with Crippen molar-refractivity contribution < 1.29 is 9.15 Å². The van der Waals surface area contributed by atoms with Crippen LogP contribution in [0.4, 0.5) is 6.01 Å². The molecule has 90 valence electrons. The standard InChI is InChI=1S/C10H18N4O2/c1-7(8-3-4-15-6-8)12-10-14-13-9(16-10)5-11-2/h7-8,11H,3-6H2,1-2H3,(H,12,14). The minimum absolute atomic E-state index is 0.297. The average Bonchev–Trinajstić information content (AvgIpc) is 2.89. The van der Waals surface area contributed by atoms with Crippen molar-refractivity contribution in [2.75, 3.05) is 25.6 Å². The Morgan fingerprint density at radius 2 is 2.38 bits per heavy atom. The number of nitrogens with zero attached hydrogens (tertiary/aromatic N) is 2. The van der Waals surface area contributed by atoms with Crippen molar-refractivity contribution in [1.82, 2.24) is 15.5 Å². The van der Waals surface area contributed by atoms with E-state index >= 15 is 0 Å². The number of hydrogen-bond acceptors (Lipinski definition) is 6. The van der Waals surface area contributed by atoms with E-state index in [1.54, 1.807) is 0 Å². The fraction of sp³-hybridized carbons (Fsp3) is 0.800. The van der Waals surface area contributed by atoms with Gasteiger partial charge in [0.05, 0.1) is 13.2 Å². The van der Waals surface area contributed by atoms with Crippen LogP contribution < -0.4 is 10.6 Å². The molecule has 1 aromatic rings. The summed E-state index contributed by atoms with van der Waals surface area (Å²) in [5, 5.41) is 14.0. The molecule has 2 rings (SSSR count). The maximum absolute atomic E-state index is 5.42. The number of hydrogen-bond donors (Lipinski definition) is 2. The van der Waals surface area contributed by atoms with Crippen molar-refractivity contribution in [2.45, 2.75) is 25.9 Å². The van der Waals surface area contributed by atoms with Gasteiger partial charge in [-0.3, -0.25) is 0 Å². The molecule has 0 aliphatic carbocycles. The Morgan fingerprint density at radius 3 is 3.06 bits per heavy atom.